The van der Waals surface area contributed by atoms with Gasteiger partial charge in [0.15, 0.2) is 0 Å². The molecule has 9 nitrogen and oxygen atoms in total. The van der Waals surface area contributed by atoms with Gasteiger partial charge < -0.3 is 19.4 Å². The van der Waals surface area contributed by atoms with E-state index in [4.69, 9.17) is 4.74 Å². The number of halogens is 3. The second kappa shape index (κ2) is 8.53. The number of benzene rings is 1. The zero-order valence-corrected chi connectivity index (χ0v) is 16.6. The number of rotatable bonds is 4. The molecule has 0 spiro atoms. The van der Waals surface area contributed by atoms with Gasteiger partial charge in [-0.1, -0.05) is 0 Å². The average Bonchev–Trinajstić information content (AvgIpc) is 2.79. The Kier molecular flexibility index (Phi) is 5.81. The van der Waals surface area contributed by atoms with Gasteiger partial charge in [-0.25, -0.2) is 9.97 Å². The van der Waals surface area contributed by atoms with Crippen LogP contribution >= 0.6 is 0 Å². The van der Waals surface area contributed by atoms with Crippen molar-refractivity contribution >= 4 is 23.0 Å². The molecular weight excluding hydrogens is 417 g/mol. The molecule has 166 valence electrons. The van der Waals surface area contributed by atoms with Gasteiger partial charge in [0, 0.05) is 63.2 Å². The molecule has 1 aromatic heterocycles. The Morgan fingerprint density at radius 2 is 1.48 bits per heavy atom. The van der Waals surface area contributed by atoms with Gasteiger partial charge in [0.05, 0.1) is 23.7 Å². The highest BCUT2D eigenvalue weighted by atomic mass is 19.4. The minimum absolute atomic E-state index is 0.0468. The van der Waals surface area contributed by atoms with Gasteiger partial charge in [0.2, 0.25) is 0 Å². The number of anilines is 3. The first kappa shape index (κ1) is 21.1. The molecule has 31 heavy (non-hydrogen) atoms. The molecule has 12 heteroatoms. The molecule has 0 amide bonds. The van der Waals surface area contributed by atoms with E-state index < -0.39 is 22.4 Å². The summed E-state index contributed by atoms with van der Waals surface area (Å²) in [7, 11) is 0. The monoisotopic (exact) mass is 438 g/mol. The quantitative estimate of drug-likeness (QED) is 0.532. The smallest absolute Gasteiger partial charge is 0.378 e. The maximum atomic E-state index is 13.5. The maximum absolute atomic E-state index is 13.5. The van der Waals surface area contributed by atoms with E-state index in [1.807, 2.05) is 11.0 Å². The number of piperazine rings is 1. The summed E-state index contributed by atoms with van der Waals surface area (Å²) in [4.78, 5) is 24.4. The third kappa shape index (κ3) is 4.63. The van der Waals surface area contributed by atoms with E-state index in [-0.39, 0.29) is 5.69 Å². The van der Waals surface area contributed by atoms with Crippen molar-refractivity contribution < 1.29 is 22.8 Å². The van der Waals surface area contributed by atoms with Crippen LogP contribution in [-0.2, 0) is 10.9 Å². The van der Waals surface area contributed by atoms with Gasteiger partial charge in [-0.2, -0.15) is 13.2 Å². The van der Waals surface area contributed by atoms with Crippen molar-refractivity contribution in [3.05, 3.63) is 46.3 Å². The molecule has 2 aromatic rings. The fourth-order valence-corrected chi connectivity index (χ4v) is 3.79. The third-order valence-electron chi connectivity index (χ3n) is 5.41. The lowest BCUT2D eigenvalue weighted by atomic mass is 10.1. The first-order valence-corrected chi connectivity index (χ1v) is 9.83. The zero-order chi connectivity index (χ0) is 22.0. The number of ether oxygens (including phenoxy) is 1. The van der Waals surface area contributed by atoms with Crippen molar-refractivity contribution in [3.8, 4) is 0 Å². The molecule has 0 radical (unpaired) electrons. The summed E-state index contributed by atoms with van der Waals surface area (Å²) in [5.41, 5.74) is -1.62. The molecule has 2 aliphatic rings. The SMILES string of the molecule is O=[N+]([O-])c1ccc(N2CCN(c3cc(N4CCOCC4)ncn3)CC2)c(C(F)(F)F)c1. The summed E-state index contributed by atoms with van der Waals surface area (Å²) in [6.07, 6.45) is -3.19. The maximum Gasteiger partial charge on any atom is 0.418 e. The van der Waals surface area contributed by atoms with E-state index in [1.165, 1.54) is 12.4 Å². The van der Waals surface area contributed by atoms with E-state index in [0.29, 0.717) is 45.5 Å². The molecule has 2 saturated heterocycles. The van der Waals surface area contributed by atoms with Crippen molar-refractivity contribution in [1.82, 2.24) is 9.97 Å². The van der Waals surface area contributed by atoms with Crippen molar-refractivity contribution in [2.45, 2.75) is 6.18 Å². The van der Waals surface area contributed by atoms with E-state index in [1.54, 1.807) is 4.90 Å². The Morgan fingerprint density at radius 1 is 0.903 bits per heavy atom. The first-order valence-electron chi connectivity index (χ1n) is 9.83. The highest BCUT2D eigenvalue weighted by molar-refractivity contribution is 5.60. The van der Waals surface area contributed by atoms with E-state index in [2.05, 4.69) is 14.9 Å². The third-order valence-corrected chi connectivity index (χ3v) is 5.41. The summed E-state index contributed by atoms with van der Waals surface area (Å²) >= 11 is 0. The van der Waals surface area contributed by atoms with Gasteiger partial charge in [-0.3, -0.25) is 10.1 Å². The molecular formula is C19H21F3N6O3. The van der Waals surface area contributed by atoms with E-state index in [9.17, 15) is 23.3 Å². The van der Waals surface area contributed by atoms with Crippen LogP contribution in [0, 0.1) is 10.1 Å². The number of non-ortho nitro benzene ring substituents is 1. The van der Waals surface area contributed by atoms with Crippen molar-refractivity contribution in [1.29, 1.82) is 0 Å². The number of hydrogen-bond donors (Lipinski definition) is 0. The van der Waals surface area contributed by atoms with Crippen molar-refractivity contribution in [3.63, 3.8) is 0 Å². The standard InChI is InChI=1S/C19H21F3N6O3/c20-19(21,22)15-11-14(28(29)30)1-2-16(15)25-3-5-26(6-4-25)17-12-18(24-13-23-17)27-7-9-31-10-8-27/h1-2,11-13H,3-10H2. The molecule has 2 fully saturated rings. The lowest BCUT2D eigenvalue weighted by Crippen LogP contribution is -2.47. The van der Waals surface area contributed by atoms with Gasteiger partial charge in [0.25, 0.3) is 5.69 Å². The van der Waals surface area contributed by atoms with Crippen LogP contribution in [-0.4, -0.2) is 67.4 Å². The lowest BCUT2D eigenvalue weighted by Gasteiger charge is -2.38. The second-order valence-corrected chi connectivity index (χ2v) is 7.26. The fraction of sp³-hybridized carbons (Fsp3) is 0.474. The summed E-state index contributed by atoms with van der Waals surface area (Å²) in [5.74, 6) is 1.52. The summed E-state index contributed by atoms with van der Waals surface area (Å²) in [5, 5.41) is 10.9. The normalized spacial score (nSPS) is 17.7. The summed E-state index contributed by atoms with van der Waals surface area (Å²) in [6, 6.07) is 4.77. The molecule has 0 atom stereocenters. The predicted molar refractivity (Wildman–Crippen MR) is 108 cm³/mol. The molecule has 0 saturated carbocycles. The van der Waals surface area contributed by atoms with Crippen LogP contribution in [0.4, 0.5) is 36.2 Å². The summed E-state index contributed by atoms with van der Waals surface area (Å²) < 4.78 is 45.9. The Bertz CT molecular complexity index is 944. The number of morpholine rings is 1. The molecule has 3 heterocycles. The largest absolute Gasteiger partial charge is 0.418 e. The Labute approximate surface area is 176 Å². The van der Waals surface area contributed by atoms with Crippen LogP contribution in [0.15, 0.2) is 30.6 Å². The predicted octanol–water partition coefficient (Wildman–Crippen LogP) is 2.57. The van der Waals surface area contributed by atoms with E-state index >= 15 is 0 Å². The Morgan fingerprint density at radius 3 is 2.06 bits per heavy atom. The molecule has 2 aliphatic heterocycles. The molecule has 0 bridgehead atoms. The van der Waals surface area contributed by atoms with E-state index in [0.717, 1.165) is 30.8 Å². The van der Waals surface area contributed by atoms with Gasteiger partial charge in [-0.05, 0) is 6.07 Å². The van der Waals surface area contributed by atoms with Gasteiger partial charge in [0.1, 0.15) is 18.0 Å². The number of nitro benzene ring substituents is 1. The number of aromatic nitrogens is 2. The molecule has 0 N–H and O–H groups in total. The highest BCUT2D eigenvalue weighted by Crippen LogP contribution is 2.39. The lowest BCUT2D eigenvalue weighted by molar-refractivity contribution is -0.385. The average molecular weight is 438 g/mol. The molecule has 0 unspecified atom stereocenters. The molecule has 4 rings (SSSR count). The Balaban J connectivity index is 1.49. The molecule has 1 aromatic carbocycles. The van der Waals surface area contributed by atoms with Crippen LogP contribution in [0.1, 0.15) is 5.56 Å². The fourth-order valence-electron chi connectivity index (χ4n) is 3.79. The number of nitro groups is 1. The van der Waals surface area contributed by atoms with Gasteiger partial charge in [-0.15, -0.1) is 0 Å². The van der Waals surface area contributed by atoms with Crippen LogP contribution < -0.4 is 14.7 Å². The minimum Gasteiger partial charge on any atom is -0.378 e. The second-order valence-electron chi connectivity index (χ2n) is 7.26. The van der Waals surface area contributed by atoms with Crippen LogP contribution in [0.3, 0.4) is 0 Å². The highest BCUT2D eigenvalue weighted by Gasteiger charge is 2.37. The molecule has 0 aliphatic carbocycles. The number of hydrogen-bond acceptors (Lipinski definition) is 8. The van der Waals surface area contributed by atoms with Gasteiger partial charge >= 0.3 is 6.18 Å². The Hall–Kier alpha value is -3.15. The van der Waals surface area contributed by atoms with Crippen molar-refractivity contribution in [2.75, 3.05) is 67.2 Å². The first-order chi connectivity index (χ1) is 14.8. The van der Waals surface area contributed by atoms with Crippen LogP contribution in [0.25, 0.3) is 0 Å². The number of nitrogens with zero attached hydrogens (tertiary/aromatic N) is 6. The minimum atomic E-state index is -4.68. The zero-order valence-electron chi connectivity index (χ0n) is 16.6. The van der Waals surface area contributed by atoms with Crippen LogP contribution in [0.2, 0.25) is 0 Å². The van der Waals surface area contributed by atoms with Crippen molar-refractivity contribution in [2.24, 2.45) is 0 Å². The summed E-state index contributed by atoms with van der Waals surface area (Å²) in [6.45, 7) is 4.34. The number of alkyl halides is 3. The topological polar surface area (TPSA) is 87.9 Å². The van der Waals surface area contributed by atoms with Crippen LogP contribution in [0.5, 0.6) is 0 Å².